The van der Waals surface area contributed by atoms with Gasteiger partial charge in [-0.25, -0.2) is 8.78 Å². The maximum atomic E-state index is 14.8. The van der Waals surface area contributed by atoms with Crippen molar-refractivity contribution >= 4 is 5.91 Å². The summed E-state index contributed by atoms with van der Waals surface area (Å²) in [5, 5.41) is 2.80. The van der Waals surface area contributed by atoms with Gasteiger partial charge in [-0.1, -0.05) is 48.5 Å². The number of hydrogen-bond donors (Lipinski definition) is 1. The molecule has 0 unspecified atom stereocenters. The normalized spacial score (nSPS) is 14.2. The Bertz CT molecular complexity index is 1100. The Morgan fingerprint density at radius 1 is 0.912 bits per heavy atom. The fourth-order valence-electron chi connectivity index (χ4n) is 4.18. The third-order valence-electron chi connectivity index (χ3n) is 6.09. The van der Waals surface area contributed by atoms with E-state index < -0.39 is 0 Å². The molecule has 4 nitrogen and oxygen atoms in total. The number of nitrogens with zero attached hydrogens (tertiary/aromatic N) is 1. The number of morpholine rings is 1. The van der Waals surface area contributed by atoms with E-state index in [0.717, 1.165) is 62.4 Å². The zero-order valence-electron chi connectivity index (χ0n) is 19.2. The number of aryl methyl sites for hydroxylation is 1. The van der Waals surface area contributed by atoms with Gasteiger partial charge in [0.15, 0.2) is 0 Å². The first-order chi connectivity index (χ1) is 16.6. The minimum Gasteiger partial charge on any atom is -0.379 e. The van der Waals surface area contributed by atoms with Crippen LogP contribution in [0.5, 0.6) is 0 Å². The van der Waals surface area contributed by atoms with Gasteiger partial charge in [0.25, 0.3) is 0 Å². The molecule has 1 saturated heterocycles. The molecule has 1 aliphatic heterocycles. The maximum Gasteiger partial charge on any atom is 0.224 e. The number of ether oxygens (including phenoxy) is 1. The summed E-state index contributed by atoms with van der Waals surface area (Å²) in [4.78, 5) is 14.6. The molecule has 178 valence electrons. The van der Waals surface area contributed by atoms with Crippen LogP contribution in [0.4, 0.5) is 8.78 Å². The van der Waals surface area contributed by atoms with Crippen molar-refractivity contribution in [2.24, 2.45) is 0 Å². The van der Waals surface area contributed by atoms with Gasteiger partial charge in [0.1, 0.15) is 11.6 Å². The number of carbonyl (C=O) groups excluding carboxylic acids is 1. The average Bonchev–Trinajstić information content (AvgIpc) is 2.84. The van der Waals surface area contributed by atoms with E-state index in [9.17, 15) is 13.6 Å². The first-order valence-electron chi connectivity index (χ1n) is 11.8. The van der Waals surface area contributed by atoms with Gasteiger partial charge in [-0.05, 0) is 59.8 Å². The summed E-state index contributed by atoms with van der Waals surface area (Å²) in [5.41, 5.74) is 3.88. The van der Waals surface area contributed by atoms with Crippen LogP contribution < -0.4 is 5.32 Å². The zero-order valence-corrected chi connectivity index (χ0v) is 19.2. The first-order valence-corrected chi connectivity index (χ1v) is 11.8. The maximum absolute atomic E-state index is 14.8. The number of hydrogen-bond acceptors (Lipinski definition) is 3. The van der Waals surface area contributed by atoms with Crippen LogP contribution in [0.3, 0.4) is 0 Å². The molecule has 1 amide bonds. The van der Waals surface area contributed by atoms with E-state index in [4.69, 9.17) is 4.74 Å². The third-order valence-corrected chi connectivity index (χ3v) is 6.09. The largest absolute Gasteiger partial charge is 0.379 e. The Kier molecular flexibility index (Phi) is 8.39. The van der Waals surface area contributed by atoms with Crippen LogP contribution in [0.1, 0.15) is 23.1 Å². The van der Waals surface area contributed by atoms with Gasteiger partial charge < -0.3 is 10.1 Å². The summed E-state index contributed by atoms with van der Waals surface area (Å²) in [6, 6.07) is 19.0. The topological polar surface area (TPSA) is 41.6 Å². The molecule has 1 N–H and O–H groups in total. The van der Waals surface area contributed by atoms with E-state index >= 15 is 0 Å². The second-order valence-corrected chi connectivity index (χ2v) is 8.65. The van der Waals surface area contributed by atoms with Crippen LogP contribution in [0.2, 0.25) is 0 Å². The van der Waals surface area contributed by atoms with Crippen molar-refractivity contribution in [1.82, 2.24) is 10.2 Å². The lowest BCUT2D eigenvalue weighted by Crippen LogP contribution is -2.36. The van der Waals surface area contributed by atoms with Crippen molar-refractivity contribution in [1.29, 1.82) is 0 Å². The lowest BCUT2D eigenvalue weighted by atomic mass is 9.99. The molecule has 1 heterocycles. The zero-order chi connectivity index (χ0) is 23.8. The van der Waals surface area contributed by atoms with Gasteiger partial charge in [0, 0.05) is 25.2 Å². The standard InChI is InChI=1S/C28H30F2N2O2/c29-25-5-1-3-23(17-25)20-31-28(33)19-22-6-9-24(10-7-22)26-11-8-21(18-27(26)30)4-2-12-32-13-15-34-16-14-32/h1,3,5-11,17-18H,2,4,12-16,19-20H2,(H,31,33). The van der Waals surface area contributed by atoms with Crippen molar-refractivity contribution in [3.63, 3.8) is 0 Å². The monoisotopic (exact) mass is 464 g/mol. The Morgan fingerprint density at radius 3 is 2.41 bits per heavy atom. The van der Waals surface area contributed by atoms with E-state index in [1.807, 2.05) is 36.4 Å². The molecule has 0 bridgehead atoms. The fraction of sp³-hybridized carbons (Fsp3) is 0.321. The molecule has 0 aromatic heterocycles. The summed E-state index contributed by atoms with van der Waals surface area (Å²) in [5.74, 6) is -0.704. The second-order valence-electron chi connectivity index (χ2n) is 8.65. The van der Waals surface area contributed by atoms with E-state index in [1.165, 1.54) is 12.1 Å². The molecular formula is C28H30F2N2O2. The van der Waals surface area contributed by atoms with Crippen molar-refractivity contribution < 1.29 is 18.3 Å². The van der Waals surface area contributed by atoms with Crippen LogP contribution >= 0.6 is 0 Å². The summed E-state index contributed by atoms with van der Waals surface area (Å²) < 4.78 is 33.4. The molecule has 0 spiro atoms. The minimum absolute atomic E-state index is 0.148. The molecule has 3 aromatic carbocycles. The molecule has 0 atom stereocenters. The Balaban J connectivity index is 1.28. The Hall–Kier alpha value is -3.09. The highest BCUT2D eigenvalue weighted by molar-refractivity contribution is 5.79. The van der Waals surface area contributed by atoms with Gasteiger partial charge >= 0.3 is 0 Å². The van der Waals surface area contributed by atoms with Crippen molar-refractivity contribution in [3.05, 3.63) is 95.1 Å². The molecule has 6 heteroatoms. The molecule has 3 aromatic rings. The number of rotatable bonds is 9. The number of amides is 1. The minimum atomic E-state index is -0.324. The molecule has 0 saturated carbocycles. The molecule has 0 aliphatic carbocycles. The van der Waals surface area contributed by atoms with Crippen molar-refractivity contribution in [2.45, 2.75) is 25.8 Å². The number of halogens is 2. The number of nitrogens with one attached hydrogen (secondary N) is 1. The van der Waals surface area contributed by atoms with Crippen LogP contribution in [-0.4, -0.2) is 43.7 Å². The molecule has 0 radical (unpaired) electrons. The van der Waals surface area contributed by atoms with Gasteiger partial charge in [-0.2, -0.15) is 0 Å². The number of carbonyl (C=O) groups is 1. The number of benzene rings is 3. The highest BCUT2D eigenvalue weighted by Crippen LogP contribution is 2.25. The third kappa shape index (κ3) is 6.95. The first kappa shape index (κ1) is 24.0. The predicted octanol–water partition coefficient (Wildman–Crippen LogP) is 4.76. The SMILES string of the molecule is O=C(Cc1ccc(-c2ccc(CCCN3CCOCC3)cc2F)cc1)NCc1cccc(F)c1. The van der Waals surface area contributed by atoms with Gasteiger partial charge in [-0.3, -0.25) is 9.69 Å². The van der Waals surface area contributed by atoms with Gasteiger partial charge in [-0.15, -0.1) is 0 Å². The summed E-state index contributed by atoms with van der Waals surface area (Å²) in [6.07, 6.45) is 2.05. The van der Waals surface area contributed by atoms with Crippen LogP contribution in [-0.2, 0) is 28.9 Å². The van der Waals surface area contributed by atoms with E-state index in [0.29, 0.717) is 11.1 Å². The average molecular weight is 465 g/mol. The Morgan fingerprint density at radius 2 is 1.68 bits per heavy atom. The molecular weight excluding hydrogens is 434 g/mol. The predicted molar refractivity (Wildman–Crippen MR) is 129 cm³/mol. The Labute approximate surface area is 199 Å². The molecule has 1 aliphatic rings. The molecule has 4 rings (SSSR count). The highest BCUT2D eigenvalue weighted by atomic mass is 19.1. The summed E-state index contributed by atoms with van der Waals surface area (Å²) >= 11 is 0. The fourth-order valence-corrected chi connectivity index (χ4v) is 4.18. The van der Waals surface area contributed by atoms with E-state index in [1.54, 1.807) is 18.2 Å². The highest BCUT2D eigenvalue weighted by Gasteiger charge is 2.11. The lowest BCUT2D eigenvalue weighted by molar-refractivity contribution is -0.120. The molecule has 1 fully saturated rings. The quantitative estimate of drug-likeness (QED) is 0.497. The van der Waals surface area contributed by atoms with E-state index in [2.05, 4.69) is 10.2 Å². The lowest BCUT2D eigenvalue weighted by Gasteiger charge is -2.26. The van der Waals surface area contributed by atoms with Crippen molar-refractivity contribution in [3.8, 4) is 11.1 Å². The second kappa shape index (κ2) is 11.9. The summed E-state index contributed by atoms with van der Waals surface area (Å²) in [7, 11) is 0. The smallest absolute Gasteiger partial charge is 0.224 e. The van der Waals surface area contributed by atoms with Crippen molar-refractivity contribution in [2.75, 3.05) is 32.8 Å². The van der Waals surface area contributed by atoms with Crippen LogP contribution in [0.25, 0.3) is 11.1 Å². The van der Waals surface area contributed by atoms with Gasteiger partial charge in [0.2, 0.25) is 5.91 Å². The van der Waals surface area contributed by atoms with Crippen LogP contribution in [0.15, 0.2) is 66.7 Å². The van der Waals surface area contributed by atoms with E-state index in [-0.39, 0.29) is 30.5 Å². The molecule has 34 heavy (non-hydrogen) atoms. The van der Waals surface area contributed by atoms with Gasteiger partial charge in [0.05, 0.1) is 19.6 Å². The van der Waals surface area contributed by atoms with Crippen LogP contribution in [0, 0.1) is 11.6 Å². The summed E-state index contributed by atoms with van der Waals surface area (Å²) in [6.45, 7) is 4.81.